The Hall–Kier alpha value is -2.28. The fourth-order valence-corrected chi connectivity index (χ4v) is 4.25. The summed E-state index contributed by atoms with van der Waals surface area (Å²) in [6.45, 7) is -0.402. The van der Waals surface area contributed by atoms with E-state index >= 15 is 0 Å². The Balaban J connectivity index is 1.65. The number of ether oxygens (including phenoxy) is 1. The molecule has 13 heteroatoms. The number of aliphatic imine (C=N–C) groups is 2. The molecule has 1 saturated heterocycles. The molecule has 10 nitrogen and oxygen atoms in total. The van der Waals surface area contributed by atoms with Crippen molar-refractivity contribution in [2.45, 2.75) is 49.0 Å². The van der Waals surface area contributed by atoms with Crippen molar-refractivity contribution in [1.82, 2.24) is 10.2 Å². The molecule has 0 radical (unpaired) electrons. The van der Waals surface area contributed by atoms with Crippen molar-refractivity contribution in [1.29, 1.82) is 0 Å². The molecule has 3 heterocycles. The first-order chi connectivity index (χ1) is 12.5. The number of carbonyl (C=O) groups is 1. The van der Waals surface area contributed by atoms with Crippen molar-refractivity contribution in [2.75, 3.05) is 13.1 Å². The van der Waals surface area contributed by atoms with Crippen LogP contribution in [0.5, 0.6) is 0 Å². The predicted molar refractivity (Wildman–Crippen MR) is 83.9 cm³/mol. The van der Waals surface area contributed by atoms with Crippen LogP contribution in [-0.2, 0) is 9.53 Å². The summed E-state index contributed by atoms with van der Waals surface area (Å²) in [6, 6.07) is -0.871. The van der Waals surface area contributed by atoms with E-state index in [9.17, 15) is 28.2 Å². The minimum absolute atomic E-state index is 0.0218. The van der Waals surface area contributed by atoms with Crippen molar-refractivity contribution in [3.8, 4) is 0 Å². The van der Waals surface area contributed by atoms with Crippen LogP contribution in [0.3, 0.4) is 0 Å². The van der Waals surface area contributed by atoms with Crippen LogP contribution in [0.25, 0.3) is 0 Å². The Labute approximate surface area is 151 Å². The molecular weight excluding hydrogens is 373 g/mol. The minimum Gasteiger partial charge on any atom is -0.454 e. The van der Waals surface area contributed by atoms with E-state index in [1.165, 1.54) is 4.90 Å². The lowest BCUT2D eigenvalue weighted by atomic mass is 9.68. The Bertz CT molecular complexity index is 750. The lowest BCUT2D eigenvalue weighted by Gasteiger charge is -2.46. The number of hydrogen-bond acceptors (Lipinski definition) is 10. The monoisotopic (exact) mass is 392 g/mol. The first kappa shape index (κ1) is 18.1. The summed E-state index contributed by atoms with van der Waals surface area (Å²) in [6.07, 6.45) is -7.08. The molecule has 0 aromatic carbocycles. The molecule has 1 unspecified atom stereocenters. The number of nitrogens with two attached hydrogens (primary N) is 2. The smallest absolute Gasteiger partial charge is 0.404 e. The minimum atomic E-state index is -4.79. The molecule has 3 atom stereocenters. The number of nitrogens with zero attached hydrogens (tertiary/aromatic N) is 3. The molecule has 4 rings (SSSR count). The summed E-state index contributed by atoms with van der Waals surface area (Å²) < 4.78 is 45.1. The number of aliphatic hydroxyl groups is 2. The van der Waals surface area contributed by atoms with E-state index in [-0.39, 0.29) is 31.4 Å². The Morgan fingerprint density at radius 1 is 1.33 bits per heavy atom. The second-order valence-corrected chi connectivity index (χ2v) is 7.28. The van der Waals surface area contributed by atoms with Gasteiger partial charge in [0.05, 0.1) is 13.1 Å². The third-order valence-corrected chi connectivity index (χ3v) is 5.97. The van der Waals surface area contributed by atoms with Crippen molar-refractivity contribution >= 4 is 17.9 Å². The molecule has 7 N–H and O–H groups in total. The highest BCUT2D eigenvalue weighted by Gasteiger charge is 2.74. The van der Waals surface area contributed by atoms with Gasteiger partial charge in [-0.2, -0.15) is 13.2 Å². The third kappa shape index (κ3) is 2.06. The van der Waals surface area contributed by atoms with Gasteiger partial charge in [-0.1, -0.05) is 6.42 Å². The van der Waals surface area contributed by atoms with Gasteiger partial charge in [-0.05, 0) is 12.8 Å². The molecule has 0 bridgehead atoms. The molecule has 0 aromatic rings. The summed E-state index contributed by atoms with van der Waals surface area (Å²) in [5.74, 6) is -4.55. The number of alkyl halides is 3. The van der Waals surface area contributed by atoms with E-state index in [1.54, 1.807) is 0 Å². The number of rotatable bonds is 2. The molecule has 27 heavy (non-hydrogen) atoms. The number of esters is 1. The van der Waals surface area contributed by atoms with Gasteiger partial charge in [-0.25, -0.2) is 4.99 Å². The van der Waals surface area contributed by atoms with Gasteiger partial charge in [-0.15, -0.1) is 0 Å². The third-order valence-electron chi connectivity index (χ3n) is 5.97. The van der Waals surface area contributed by atoms with Crippen molar-refractivity contribution in [3.63, 3.8) is 0 Å². The van der Waals surface area contributed by atoms with Crippen LogP contribution < -0.4 is 16.8 Å². The van der Waals surface area contributed by atoms with Crippen molar-refractivity contribution < 1.29 is 32.9 Å². The lowest BCUT2D eigenvalue weighted by molar-refractivity contribution is -0.282. The number of nitrogens with one attached hydrogen (secondary N) is 1. The molecule has 1 saturated carbocycles. The van der Waals surface area contributed by atoms with Crippen molar-refractivity contribution in [2.24, 2.45) is 26.9 Å². The van der Waals surface area contributed by atoms with Gasteiger partial charge in [0.15, 0.2) is 29.1 Å². The maximum atomic E-state index is 13.4. The zero-order valence-electron chi connectivity index (χ0n) is 14.0. The first-order valence-electron chi connectivity index (χ1n) is 8.37. The fourth-order valence-electron chi connectivity index (χ4n) is 4.25. The predicted octanol–water partition coefficient (Wildman–Crippen LogP) is -2.06. The van der Waals surface area contributed by atoms with E-state index in [0.717, 1.165) is 0 Å². The summed E-state index contributed by atoms with van der Waals surface area (Å²) in [7, 11) is 0. The molecule has 150 valence electrons. The second kappa shape index (κ2) is 5.16. The molecule has 4 aliphatic rings. The molecule has 1 spiro atoms. The molecule has 1 aliphatic carbocycles. The maximum absolute atomic E-state index is 13.4. The van der Waals surface area contributed by atoms with Gasteiger partial charge in [-0.3, -0.25) is 9.79 Å². The van der Waals surface area contributed by atoms with Crippen LogP contribution in [0.4, 0.5) is 13.2 Å². The van der Waals surface area contributed by atoms with Crippen molar-refractivity contribution in [3.05, 3.63) is 0 Å². The molecule has 0 amide bonds. The maximum Gasteiger partial charge on any atom is 0.404 e. The zero-order chi connectivity index (χ0) is 19.8. The SMILES string of the molecule is NC1=NC2CN=C(N)N3C[C@H](OC(=O)C4(C(F)(F)F)CCC4)C(O)(O)[C@]23N1. The van der Waals surface area contributed by atoms with Gasteiger partial charge in [0.25, 0.3) is 0 Å². The molecular formula is C14H19F3N6O4. The quantitative estimate of drug-likeness (QED) is 0.265. The second-order valence-electron chi connectivity index (χ2n) is 7.28. The molecule has 3 aliphatic heterocycles. The summed E-state index contributed by atoms with van der Waals surface area (Å²) in [5.41, 5.74) is 7.08. The van der Waals surface area contributed by atoms with Gasteiger partial charge < -0.3 is 36.6 Å². The first-order valence-corrected chi connectivity index (χ1v) is 8.37. The number of halogens is 3. The highest BCUT2D eigenvalue weighted by atomic mass is 19.4. The normalized spacial score (nSPS) is 36.0. The van der Waals surface area contributed by atoms with Gasteiger partial charge >= 0.3 is 12.1 Å². The highest BCUT2D eigenvalue weighted by molar-refractivity contribution is 5.87. The van der Waals surface area contributed by atoms with E-state index in [2.05, 4.69) is 15.3 Å². The fraction of sp³-hybridized carbons (Fsp3) is 0.786. The summed E-state index contributed by atoms with van der Waals surface area (Å²) in [4.78, 5) is 21.6. The van der Waals surface area contributed by atoms with Crippen LogP contribution in [0.2, 0.25) is 0 Å². The van der Waals surface area contributed by atoms with Crippen LogP contribution in [-0.4, -0.2) is 75.9 Å². The van der Waals surface area contributed by atoms with E-state index in [4.69, 9.17) is 16.2 Å². The molecule has 0 aromatic heterocycles. The van der Waals surface area contributed by atoms with Crippen LogP contribution in [0.1, 0.15) is 19.3 Å². The highest BCUT2D eigenvalue weighted by Crippen LogP contribution is 2.54. The average Bonchev–Trinajstić information content (AvgIpc) is 2.93. The summed E-state index contributed by atoms with van der Waals surface area (Å²) in [5, 5.41) is 24.2. The topological polar surface area (TPSA) is 159 Å². The van der Waals surface area contributed by atoms with Crippen LogP contribution in [0, 0.1) is 5.41 Å². The molecule has 2 fully saturated rings. The lowest BCUT2D eigenvalue weighted by Crippen LogP contribution is -2.76. The largest absolute Gasteiger partial charge is 0.454 e. The Morgan fingerprint density at radius 2 is 2.00 bits per heavy atom. The van der Waals surface area contributed by atoms with Gasteiger partial charge in [0.1, 0.15) is 6.04 Å². The van der Waals surface area contributed by atoms with E-state index in [1.807, 2.05) is 0 Å². The summed E-state index contributed by atoms with van der Waals surface area (Å²) >= 11 is 0. The Kier molecular flexibility index (Phi) is 3.46. The van der Waals surface area contributed by atoms with Crippen LogP contribution in [0.15, 0.2) is 9.98 Å². The average molecular weight is 392 g/mol. The van der Waals surface area contributed by atoms with Gasteiger partial charge in [0, 0.05) is 0 Å². The zero-order valence-corrected chi connectivity index (χ0v) is 14.0. The standard InChI is InChI=1S/C14H19F3N6O4/c15-14(16,17)11(2-1-3-11)8(24)27-7-5-23-10(19)20-4-6-12(23,13(7,25)26)22-9(18)21-6/h6-7,25-26H,1-5H2,(H2,19,20)(H3,18,21,22)/t6?,7-,12-/m0/s1. The number of carbonyl (C=O) groups excluding carboxylic acids is 1. The van der Waals surface area contributed by atoms with E-state index in [0.29, 0.717) is 0 Å². The van der Waals surface area contributed by atoms with Crippen LogP contribution >= 0.6 is 0 Å². The number of hydrogen-bond donors (Lipinski definition) is 5. The Morgan fingerprint density at radius 3 is 2.56 bits per heavy atom. The van der Waals surface area contributed by atoms with E-state index < -0.39 is 54.0 Å². The van der Waals surface area contributed by atoms with Gasteiger partial charge in [0.2, 0.25) is 5.79 Å². The number of guanidine groups is 2.